The predicted octanol–water partition coefficient (Wildman–Crippen LogP) is 4.77. The molecule has 1 rings (SSSR count). The maximum Gasteiger partial charge on any atom is 0.149 e. The maximum absolute atomic E-state index is 10.2. The quantitative estimate of drug-likeness (QED) is 0.372. The first-order chi connectivity index (χ1) is 9.49. The molecule has 0 saturated heterocycles. The van der Waals surface area contributed by atoms with Crippen molar-refractivity contribution in [3.63, 3.8) is 0 Å². The molecule has 2 heteroatoms. The summed E-state index contributed by atoms with van der Waals surface area (Å²) in [4.78, 5) is 10.2. The van der Waals surface area contributed by atoms with E-state index in [1.165, 1.54) is 5.56 Å². The van der Waals surface area contributed by atoms with Gasteiger partial charge in [-0.05, 0) is 32.9 Å². The Morgan fingerprint density at radius 1 is 1.15 bits per heavy atom. The highest BCUT2D eigenvalue weighted by atomic mass is 16.3. The molecule has 0 atom stereocenters. The largest absolute Gasteiger partial charge is 0.508 e. The molecule has 0 saturated carbocycles. The van der Waals surface area contributed by atoms with Gasteiger partial charge in [0.2, 0.25) is 0 Å². The average molecular weight is 272 g/mol. The second-order valence-corrected chi connectivity index (χ2v) is 3.92. The third-order valence-corrected chi connectivity index (χ3v) is 2.06. The second-order valence-electron chi connectivity index (χ2n) is 3.92. The molecule has 0 aliphatic heterocycles. The van der Waals surface area contributed by atoms with Crippen molar-refractivity contribution in [2.45, 2.75) is 20.8 Å². The monoisotopic (exact) mass is 272 g/mol. The van der Waals surface area contributed by atoms with Crippen molar-refractivity contribution < 1.29 is 9.90 Å². The summed E-state index contributed by atoms with van der Waals surface area (Å²) in [5, 5.41) is 8.76. The molecule has 0 heterocycles. The number of hydrogen-bond donors (Lipinski definition) is 1. The molecule has 1 aromatic rings. The van der Waals surface area contributed by atoms with Gasteiger partial charge in [-0.3, -0.25) is 4.79 Å². The van der Waals surface area contributed by atoms with Crippen LogP contribution in [0.2, 0.25) is 0 Å². The van der Waals surface area contributed by atoms with E-state index >= 15 is 0 Å². The molecule has 0 spiro atoms. The van der Waals surface area contributed by atoms with Gasteiger partial charge in [-0.1, -0.05) is 48.1 Å². The van der Waals surface area contributed by atoms with Gasteiger partial charge >= 0.3 is 0 Å². The lowest BCUT2D eigenvalue weighted by atomic mass is 10.2. The van der Waals surface area contributed by atoms with Crippen molar-refractivity contribution in [1.29, 1.82) is 0 Å². The van der Waals surface area contributed by atoms with E-state index in [2.05, 4.69) is 19.7 Å². The second kappa shape index (κ2) is 13.1. The number of aromatic hydroxyl groups is 1. The first-order valence-electron chi connectivity index (χ1n) is 6.20. The Hall–Kier alpha value is -2.35. The van der Waals surface area contributed by atoms with E-state index in [0.29, 0.717) is 11.3 Å². The Morgan fingerprint density at radius 3 is 1.95 bits per heavy atom. The zero-order valence-corrected chi connectivity index (χ0v) is 12.6. The molecule has 0 aliphatic rings. The van der Waals surface area contributed by atoms with E-state index in [9.17, 15) is 4.79 Å². The van der Waals surface area contributed by atoms with Crippen molar-refractivity contribution in [2.75, 3.05) is 0 Å². The van der Waals surface area contributed by atoms with Gasteiger partial charge < -0.3 is 5.11 Å². The van der Waals surface area contributed by atoms with Crippen LogP contribution in [0.4, 0.5) is 0 Å². The van der Waals surface area contributed by atoms with E-state index in [1.54, 1.807) is 24.3 Å². The van der Waals surface area contributed by atoms with Gasteiger partial charge in [0.1, 0.15) is 12.0 Å². The maximum atomic E-state index is 10.2. The first-order valence-corrected chi connectivity index (χ1v) is 6.20. The Morgan fingerprint density at radius 2 is 1.65 bits per heavy atom. The van der Waals surface area contributed by atoms with Crippen LogP contribution in [-0.4, -0.2) is 11.4 Å². The molecular formula is C18H24O2. The van der Waals surface area contributed by atoms with Crippen molar-refractivity contribution in [2.24, 2.45) is 0 Å². The fourth-order valence-corrected chi connectivity index (χ4v) is 0.987. The van der Waals surface area contributed by atoms with Gasteiger partial charge in [-0.25, -0.2) is 0 Å². The van der Waals surface area contributed by atoms with Crippen molar-refractivity contribution in [3.05, 3.63) is 78.9 Å². The molecule has 0 unspecified atom stereocenters. The molecule has 0 aliphatic carbocycles. The van der Waals surface area contributed by atoms with E-state index in [0.717, 1.165) is 11.9 Å². The number of hydrogen-bond acceptors (Lipinski definition) is 2. The fraction of sp³-hybridized carbons (Fsp3) is 0.167. The lowest BCUT2D eigenvalue weighted by molar-refractivity contribution is -0.104. The lowest BCUT2D eigenvalue weighted by Gasteiger charge is -1.89. The highest BCUT2D eigenvalue weighted by molar-refractivity contribution is 5.77. The fourth-order valence-electron chi connectivity index (χ4n) is 0.987. The molecule has 0 bridgehead atoms. The number of aldehydes is 1. The number of carbonyl (C=O) groups is 1. The van der Waals surface area contributed by atoms with Gasteiger partial charge in [0, 0.05) is 5.57 Å². The summed E-state index contributed by atoms with van der Waals surface area (Å²) >= 11 is 0. The van der Waals surface area contributed by atoms with Crippen LogP contribution < -0.4 is 0 Å². The number of rotatable bonds is 3. The molecule has 0 aromatic heterocycles. The number of aryl methyl sites for hydroxylation is 1. The summed E-state index contributed by atoms with van der Waals surface area (Å²) < 4.78 is 0. The van der Waals surface area contributed by atoms with Crippen molar-refractivity contribution in [1.82, 2.24) is 0 Å². The van der Waals surface area contributed by atoms with Crippen LogP contribution in [0.3, 0.4) is 0 Å². The third-order valence-electron chi connectivity index (χ3n) is 2.06. The molecule has 0 amide bonds. The molecule has 2 nitrogen and oxygen atoms in total. The van der Waals surface area contributed by atoms with Crippen LogP contribution in [0.5, 0.6) is 5.75 Å². The van der Waals surface area contributed by atoms with Crippen LogP contribution in [0.1, 0.15) is 19.4 Å². The van der Waals surface area contributed by atoms with Crippen molar-refractivity contribution in [3.8, 4) is 5.75 Å². The SMILES string of the molecule is C=C.C=C(C)/C=C\C(C=O)=C/C.Cc1ccc(O)cc1. The highest BCUT2D eigenvalue weighted by Gasteiger charge is 1.83. The van der Waals surface area contributed by atoms with Gasteiger partial charge in [0.25, 0.3) is 0 Å². The summed E-state index contributed by atoms with van der Waals surface area (Å²) in [6.45, 7) is 15.4. The first kappa shape index (κ1) is 20.0. The highest BCUT2D eigenvalue weighted by Crippen LogP contribution is 2.07. The van der Waals surface area contributed by atoms with Crippen LogP contribution in [0.25, 0.3) is 0 Å². The summed E-state index contributed by atoms with van der Waals surface area (Å²) in [6.07, 6.45) is 6.13. The molecule has 0 fully saturated rings. The standard InChI is InChI=1S/C9H12O.C7H8O.C2H4/c1-4-9(7-10)6-5-8(2)3;1-6-2-4-7(8)5-3-6;1-2/h4-7H,2H2,1,3H3;2-5,8H,1H3;1-2H2/b6-5-,9-4+;;. The number of allylic oxidation sites excluding steroid dienone is 5. The number of phenols is 1. The molecular weight excluding hydrogens is 248 g/mol. The van der Waals surface area contributed by atoms with E-state index in [1.807, 2.05) is 39.0 Å². The minimum absolute atomic E-state index is 0.329. The van der Waals surface area contributed by atoms with Gasteiger partial charge in [-0.2, -0.15) is 0 Å². The summed E-state index contributed by atoms with van der Waals surface area (Å²) in [7, 11) is 0. The molecule has 0 radical (unpaired) electrons. The van der Waals surface area contributed by atoms with E-state index in [-0.39, 0.29) is 0 Å². The Labute approximate surface area is 122 Å². The smallest absolute Gasteiger partial charge is 0.149 e. The predicted molar refractivity (Wildman–Crippen MR) is 87.9 cm³/mol. The summed E-state index contributed by atoms with van der Waals surface area (Å²) in [6, 6.07) is 7.09. The van der Waals surface area contributed by atoms with Crippen LogP contribution in [0, 0.1) is 6.92 Å². The Balaban J connectivity index is 0. The zero-order valence-electron chi connectivity index (χ0n) is 12.6. The molecule has 20 heavy (non-hydrogen) atoms. The lowest BCUT2D eigenvalue weighted by Crippen LogP contribution is -1.76. The van der Waals surface area contributed by atoms with Gasteiger partial charge in [0.15, 0.2) is 0 Å². The van der Waals surface area contributed by atoms with Gasteiger partial charge in [0.05, 0.1) is 0 Å². The average Bonchev–Trinajstić information content (AvgIpc) is 2.46. The topological polar surface area (TPSA) is 37.3 Å². The van der Waals surface area contributed by atoms with E-state index in [4.69, 9.17) is 5.11 Å². The minimum atomic E-state index is 0.329. The minimum Gasteiger partial charge on any atom is -0.508 e. The van der Waals surface area contributed by atoms with Crippen LogP contribution >= 0.6 is 0 Å². The number of benzene rings is 1. The summed E-state index contributed by atoms with van der Waals surface area (Å²) in [5.41, 5.74) is 2.80. The van der Waals surface area contributed by atoms with Gasteiger partial charge in [-0.15, -0.1) is 13.2 Å². The van der Waals surface area contributed by atoms with Crippen molar-refractivity contribution >= 4 is 6.29 Å². The molecule has 108 valence electrons. The van der Waals surface area contributed by atoms with Crippen LogP contribution in [0.15, 0.2) is 73.4 Å². The Bertz CT molecular complexity index is 430. The number of carbonyl (C=O) groups excluding carboxylic acids is 1. The molecule has 1 aromatic carbocycles. The summed E-state index contributed by atoms with van der Waals surface area (Å²) in [5.74, 6) is 0.329. The zero-order chi connectivity index (χ0) is 16.0. The normalized spacial score (nSPS) is 9.85. The number of phenolic OH excluding ortho intramolecular Hbond substituents is 1. The molecule has 1 N–H and O–H groups in total. The Kier molecular flexibility index (Phi) is 13.1. The van der Waals surface area contributed by atoms with E-state index < -0.39 is 0 Å². The van der Waals surface area contributed by atoms with Crippen LogP contribution in [-0.2, 0) is 4.79 Å². The third kappa shape index (κ3) is 12.1.